The summed E-state index contributed by atoms with van der Waals surface area (Å²) in [4.78, 5) is 0.729. The Morgan fingerprint density at radius 1 is 1.36 bits per heavy atom. The second-order valence-electron chi connectivity index (χ2n) is 2.06. The van der Waals surface area contributed by atoms with Crippen LogP contribution in [0.4, 0.5) is 0 Å². The van der Waals surface area contributed by atoms with Gasteiger partial charge in [0.25, 0.3) is 0 Å². The number of hydrogen-bond donors (Lipinski definition) is 2. The van der Waals surface area contributed by atoms with E-state index in [1.54, 1.807) is 12.1 Å². The third-order valence-corrected chi connectivity index (χ3v) is 2.21. The minimum Gasteiger partial charge on any atom is -0.504 e. The molecular formula is C8H10O2S. The predicted molar refractivity (Wildman–Crippen MR) is 46.2 cm³/mol. The van der Waals surface area contributed by atoms with Crippen molar-refractivity contribution in [1.82, 2.24) is 0 Å². The van der Waals surface area contributed by atoms with Gasteiger partial charge in [-0.25, -0.2) is 0 Å². The molecule has 0 unspecified atom stereocenters. The SMILES string of the molecule is CCSc1cccc(O)c1O. The maximum atomic E-state index is 9.26. The Hall–Kier alpha value is -0.830. The number of hydrogen-bond acceptors (Lipinski definition) is 3. The predicted octanol–water partition coefficient (Wildman–Crippen LogP) is 2.21. The molecule has 11 heavy (non-hydrogen) atoms. The minimum atomic E-state index is -0.0524. The van der Waals surface area contributed by atoms with Crippen LogP contribution >= 0.6 is 11.8 Å². The normalized spacial score (nSPS) is 9.91. The highest BCUT2D eigenvalue weighted by Gasteiger charge is 2.03. The Bertz CT molecular complexity index is 248. The quantitative estimate of drug-likeness (QED) is 0.528. The average Bonchev–Trinajstić information content (AvgIpc) is 1.99. The molecule has 0 heterocycles. The molecule has 1 rings (SSSR count). The van der Waals surface area contributed by atoms with Crippen molar-refractivity contribution in [3.63, 3.8) is 0 Å². The molecule has 0 radical (unpaired) electrons. The molecule has 0 saturated carbocycles. The van der Waals surface area contributed by atoms with Gasteiger partial charge in [-0.1, -0.05) is 13.0 Å². The summed E-state index contributed by atoms with van der Waals surface area (Å²) in [5.74, 6) is 0.819. The van der Waals surface area contributed by atoms with E-state index in [1.165, 1.54) is 17.8 Å². The smallest absolute Gasteiger partial charge is 0.171 e. The Morgan fingerprint density at radius 3 is 2.73 bits per heavy atom. The van der Waals surface area contributed by atoms with Gasteiger partial charge in [0.2, 0.25) is 0 Å². The fourth-order valence-corrected chi connectivity index (χ4v) is 1.51. The number of phenolic OH excluding ortho intramolecular Hbond substituents is 2. The van der Waals surface area contributed by atoms with Crippen molar-refractivity contribution in [3.05, 3.63) is 18.2 Å². The second-order valence-corrected chi connectivity index (χ2v) is 3.36. The fraction of sp³-hybridized carbons (Fsp3) is 0.250. The highest BCUT2D eigenvalue weighted by atomic mass is 32.2. The van der Waals surface area contributed by atoms with Crippen LogP contribution in [0, 0.1) is 0 Å². The Balaban J connectivity index is 2.96. The molecule has 0 aliphatic heterocycles. The Kier molecular flexibility index (Phi) is 2.65. The summed E-state index contributed by atoms with van der Waals surface area (Å²) in [7, 11) is 0. The molecule has 3 heteroatoms. The third kappa shape index (κ3) is 1.80. The van der Waals surface area contributed by atoms with Crippen molar-refractivity contribution in [3.8, 4) is 11.5 Å². The maximum absolute atomic E-state index is 9.26. The van der Waals surface area contributed by atoms with Gasteiger partial charge in [-0.2, -0.15) is 0 Å². The van der Waals surface area contributed by atoms with Crippen LogP contribution in [0.5, 0.6) is 11.5 Å². The van der Waals surface area contributed by atoms with Crippen molar-refractivity contribution in [2.24, 2.45) is 0 Å². The van der Waals surface area contributed by atoms with Crippen LogP contribution < -0.4 is 0 Å². The van der Waals surface area contributed by atoms with Gasteiger partial charge in [-0.15, -0.1) is 11.8 Å². The molecule has 0 amide bonds. The van der Waals surface area contributed by atoms with Crippen LogP contribution in [0.25, 0.3) is 0 Å². The zero-order valence-corrected chi connectivity index (χ0v) is 7.06. The van der Waals surface area contributed by atoms with Crippen molar-refractivity contribution < 1.29 is 10.2 Å². The summed E-state index contributed by atoms with van der Waals surface area (Å²) >= 11 is 1.51. The zero-order valence-electron chi connectivity index (χ0n) is 6.24. The van der Waals surface area contributed by atoms with E-state index in [2.05, 4.69) is 0 Å². The van der Waals surface area contributed by atoms with Gasteiger partial charge in [-0.05, 0) is 17.9 Å². The molecule has 60 valence electrons. The van der Waals surface area contributed by atoms with Crippen LogP contribution in [-0.2, 0) is 0 Å². The van der Waals surface area contributed by atoms with E-state index in [9.17, 15) is 5.11 Å². The molecule has 2 nitrogen and oxygen atoms in total. The number of benzene rings is 1. The van der Waals surface area contributed by atoms with Crippen LogP contribution in [0.15, 0.2) is 23.1 Å². The summed E-state index contributed by atoms with van der Waals surface area (Å²) in [5, 5.41) is 18.3. The molecule has 1 aromatic carbocycles. The first-order chi connectivity index (χ1) is 5.25. The highest BCUT2D eigenvalue weighted by Crippen LogP contribution is 2.34. The van der Waals surface area contributed by atoms with E-state index in [4.69, 9.17) is 5.11 Å². The van der Waals surface area contributed by atoms with Gasteiger partial charge in [0.05, 0.1) is 4.90 Å². The summed E-state index contributed by atoms with van der Waals surface area (Å²) in [5.41, 5.74) is 0. The number of aromatic hydroxyl groups is 2. The third-order valence-electron chi connectivity index (χ3n) is 1.28. The lowest BCUT2D eigenvalue weighted by atomic mass is 10.3. The minimum absolute atomic E-state index is 0.0145. The van der Waals surface area contributed by atoms with Gasteiger partial charge >= 0.3 is 0 Å². The van der Waals surface area contributed by atoms with Gasteiger partial charge < -0.3 is 10.2 Å². The zero-order chi connectivity index (χ0) is 8.27. The summed E-state index contributed by atoms with van der Waals surface area (Å²) in [6.45, 7) is 1.99. The van der Waals surface area contributed by atoms with Gasteiger partial charge in [0.1, 0.15) is 0 Å². The summed E-state index contributed by atoms with van der Waals surface area (Å²) < 4.78 is 0. The molecule has 0 bridgehead atoms. The van der Waals surface area contributed by atoms with Crippen LogP contribution in [0.1, 0.15) is 6.92 Å². The summed E-state index contributed by atoms with van der Waals surface area (Å²) in [6, 6.07) is 4.96. The topological polar surface area (TPSA) is 40.5 Å². The number of phenols is 2. The molecule has 0 aromatic heterocycles. The van der Waals surface area contributed by atoms with Crippen LogP contribution in [0.2, 0.25) is 0 Å². The lowest BCUT2D eigenvalue weighted by Gasteiger charge is -2.02. The van der Waals surface area contributed by atoms with Gasteiger partial charge in [-0.3, -0.25) is 0 Å². The molecule has 0 fully saturated rings. The molecule has 0 aliphatic carbocycles. The number of thioether (sulfide) groups is 1. The molecular weight excluding hydrogens is 160 g/mol. The van der Waals surface area contributed by atoms with Crippen molar-refractivity contribution in [2.75, 3.05) is 5.75 Å². The van der Waals surface area contributed by atoms with Crippen molar-refractivity contribution in [1.29, 1.82) is 0 Å². The number of rotatable bonds is 2. The van der Waals surface area contributed by atoms with Gasteiger partial charge in [0, 0.05) is 0 Å². The van der Waals surface area contributed by atoms with E-state index in [1.807, 2.05) is 6.92 Å². The highest BCUT2D eigenvalue weighted by molar-refractivity contribution is 7.99. The summed E-state index contributed by atoms with van der Waals surface area (Å²) in [6.07, 6.45) is 0. The maximum Gasteiger partial charge on any atom is 0.171 e. The number of para-hydroxylation sites is 1. The van der Waals surface area contributed by atoms with Crippen molar-refractivity contribution >= 4 is 11.8 Å². The molecule has 0 atom stereocenters. The second kappa shape index (κ2) is 3.53. The lowest BCUT2D eigenvalue weighted by Crippen LogP contribution is -1.75. The van der Waals surface area contributed by atoms with E-state index in [0.717, 1.165) is 10.6 Å². The van der Waals surface area contributed by atoms with E-state index < -0.39 is 0 Å². The van der Waals surface area contributed by atoms with E-state index >= 15 is 0 Å². The van der Waals surface area contributed by atoms with Gasteiger partial charge in [0.15, 0.2) is 11.5 Å². The van der Waals surface area contributed by atoms with Crippen molar-refractivity contribution in [2.45, 2.75) is 11.8 Å². The molecule has 0 saturated heterocycles. The van der Waals surface area contributed by atoms with Crippen LogP contribution in [-0.4, -0.2) is 16.0 Å². The Labute approximate surface area is 69.9 Å². The Morgan fingerprint density at radius 2 is 2.09 bits per heavy atom. The average molecular weight is 170 g/mol. The molecule has 2 N–H and O–H groups in total. The first-order valence-corrected chi connectivity index (χ1v) is 4.38. The largest absolute Gasteiger partial charge is 0.504 e. The lowest BCUT2D eigenvalue weighted by molar-refractivity contribution is 0.395. The van der Waals surface area contributed by atoms with E-state index in [0.29, 0.717) is 0 Å². The fourth-order valence-electron chi connectivity index (χ4n) is 0.783. The van der Waals surface area contributed by atoms with Crippen LogP contribution in [0.3, 0.4) is 0 Å². The first kappa shape index (κ1) is 8.27. The molecule has 1 aromatic rings. The first-order valence-electron chi connectivity index (χ1n) is 3.39. The molecule has 0 spiro atoms. The monoisotopic (exact) mass is 170 g/mol. The standard InChI is InChI=1S/C8H10O2S/c1-2-11-7-5-3-4-6(9)8(7)10/h3-5,9-10H,2H2,1H3. The molecule has 0 aliphatic rings. The van der Waals surface area contributed by atoms with E-state index in [-0.39, 0.29) is 11.5 Å².